The van der Waals surface area contributed by atoms with Crippen LogP contribution in [-0.2, 0) is 19.0 Å². The smallest absolute Gasteiger partial charge is 0.302 e. The van der Waals surface area contributed by atoms with Crippen LogP contribution in [0.2, 0.25) is 0 Å². The van der Waals surface area contributed by atoms with Gasteiger partial charge in [-0.05, 0) is 81.0 Å². The second kappa shape index (κ2) is 7.97. The number of aryl methyl sites for hydroxylation is 2. The number of pyridine rings is 1. The van der Waals surface area contributed by atoms with Crippen molar-refractivity contribution < 1.29 is 13.2 Å². The minimum atomic E-state index is -4.41. The molecule has 1 spiro atoms. The van der Waals surface area contributed by atoms with Gasteiger partial charge in [0.1, 0.15) is 11.5 Å². The van der Waals surface area contributed by atoms with Crippen molar-refractivity contribution in [2.75, 3.05) is 19.6 Å². The molecule has 1 aliphatic carbocycles. The minimum Gasteiger partial charge on any atom is -0.302 e. The lowest BCUT2D eigenvalue weighted by molar-refractivity contribution is -0.143. The van der Waals surface area contributed by atoms with E-state index in [-0.39, 0.29) is 11.0 Å². The zero-order valence-electron chi connectivity index (χ0n) is 18.9. The highest BCUT2D eigenvalue weighted by molar-refractivity contribution is 5.50. The van der Waals surface area contributed by atoms with E-state index in [0.29, 0.717) is 29.2 Å². The Labute approximate surface area is 189 Å². The van der Waals surface area contributed by atoms with Crippen molar-refractivity contribution >= 4 is 5.52 Å². The molecule has 4 heterocycles. The average Bonchev–Trinajstić information content (AvgIpc) is 3.07. The first-order chi connectivity index (χ1) is 15.7. The van der Waals surface area contributed by atoms with Gasteiger partial charge in [-0.1, -0.05) is 6.07 Å². The van der Waals surface area contributed by atoms with Crippen LogP contribution in [0.25, 0.3) is 5.52 Å². The van der Waals surface area contributed by atoms with Crippen LogP contribution in [-0.4, -0.2) is 44.1 Å². The van der Waals surface area contributed by atoms with Gasteiger partial charge in [-0.25, -0.2) is 10.1 Å². The van der Waals surface area contributed by atoms with Crippen LogP contribution in [0.1, 0.15) is 47.5 Å². The molecule has 2 fully saturated rings. The predicted molar refractivity (Wildman–Crippen MR) is 118 cm³/mol. The molecule has 6 nitrogen and oxygen atoms in total. The van der Waals surface area contributed by atoms with Crippen molar-refractivity contribution in [2.24, 2.45) is 11.3 Å². The molecule has 2 aliphatic rings. The zero-order chi connectivity index (χ0) is 23.4. The maximum atomic E-state index is 13.9. The summed E-state index contributed by atoms with van der Waals surface area (Å²) in [6, 6.07) is 3.37. The second-order valence-corrected chi connectivity index (χ2v) is 9.91. The van der Waals surface area contributed by atoms with Crippen LogP contribution in [0.5, 0.6) is 0 Å². The number of hydrogen-bond donors (Lipinski definition) is 1. The van der Waals surface area contributed by atoms with Crippen LogP contribution in [0.4, 0.5) is 13.2 Å². The third kappa shape index (κ3) is 4.07. The summed E-state index contributed by atoms with van der Waals surface area (Å²) < 4.78 is 42.9. The fraction of sp³-hybridized carbons (Fsp3) is 0.542. The van der Waals surface area contributed by atoms with Crippen LogP contribution in [0.3, 0.4) is 0 Å². The van der Waals surface area contributed by atoms with E-state index in [1.165, 1.54) is 10.6 Å². The number of halogens is 3. The van der Waals surface area contributed by atoms with E-state index < -0.39 is 11.9 Å². The van der Waals surface area contributed by atoms with Crippen LogP contribution >= 0.6 is 0 Å². The number of rotatable bonds is 6. The Bertz CT molecular complexity index is 1230. The molecule has 1 saturated heterocycles. The number of H-pyrrole nitrogens is 1. The van der Waals surface area contributed by atoms with Gasteiger partial charge in [0, 0.05) is 18.7 Å². The second-order valence-electron chi connectivity index (χ2n) is 9.91. The summed E-state index contributed by atoms with van der Waals surface area (Å²) in [5.74, 6) is 0.657. The first-order valence-corrected chi connectivity index (χ1v) is 11.4. The number of hydrogen-bond acceptors (Lipinski definition) is 4. The number of fused-ring (bicyclic) bond motifs is 1. The molecule has 1 aliphatic heterocycles. The summed E-state index contributed by atoms with van der Waals surface area (Å²) in [4.78, 5) is 18.1. The number of nitrogens with one attached hydrogen (secondary N) is 1. The molecule has 0 bridgehead atoms. The largest absolute Gasteiger partial charge is 0.432 e. The van der Waals surface area contributed by atoms with Gasteiger partial charge >= 0.3 is 6.18 Å². The zero-order valence-corrected chi connectivity index (χ0v) is 18.9. The SMILES string of the molecule is Cc1c(CCCN2CC3(CC(Cc4ccc5cnc(C)n5c4C(F)(F)F)C3)C2)cn[nH]c1=O. The van der Waals surface area contributed by atoms with Gasteiger partial charge in [0.05, 0.1) is 17.9 Å². The van der Waals surface area contributed by atoms with Crippen LogP contribution in [0.15, 0.2) is 29.3 Å². The fourth-order valence-electron chi connectivity index (χ4n) is 5.93. The van der Waals surface area contributed by atoms with Crippen molar-refractivity contribution in [1.29, 1.82) is 0 Å². The summed E-state index contributed by atoms with van der Waals surface area (Å²) >= 11 is 0. The van der Waals surface area contributed by atoms with Crippen molar-refractivity contribution in [3.8, 4) is 0 Å². The molecule has 0 amide bonds. The Hall–Kier alpha value is -2.68. The molecule has 1 saturated carbocycles. The molecule has 0 atom stereocenters. The maximum Gasteiger partial charge on any atom is 0.432 e. The summed E-state index contributed by atoms with van der Waals surface area (Å²) in [5.41, 5.74) is 2.14. The monoisotopic (exact) mass is 459 g/mol. The van der Waals surface area contributed by atoms with Crippen molar-refractivity contribution in [1.82, 2.24) is 24.5 Å². The van der Waals surface area contributed by atoms with Crippen molar-refractivity contribution in [2.45, 2.75) is 52.1 Å². The van der Waals surface area contributed by atoms with E-state index >= 15 is 0 Å². The summed E-state index contributed by atoms with van der Waals surface area (Å²) in [6.07, 6.45) is 3.02. The average molecular weight is 460 g/mol. The van der Waals surface area contributed by atoms with Crippen molar-refractivity contribution in [3.05, 3.63) is 63.1 Å². The molecule has 0 radical (unpaired) electrons. The first-order valence-electron chi connectivity index (χ1n) is 11.4. The van der Waals surface area contributed by atoms with Crippen LogP contribution < -0.4 is 5.56 Å². The molecular formula is C24H28F3N5O. The van der Waals surface area contributed by atoms with Gasteiger partial charge in [0.2, 0.25) is 0 Å². The van der Waals surface area contributed by atoms with Gasteiger partial charge in [0.15, 0.2) is 0 Å². The van der Waals surface area contributed by atoms with Gasteiger partial charge in [0.25, 0.3) is 5.56 Å². The lowest BCUT2D eigenvalue weighted by Crippen LogP contribution is -2.62. The minimum absolute atomic E-state index is 0.132. The summed E-state index contributed by atoms with van der Waals surface area (Å²) in [7, 11) is 0. The lowest BCUT2D eigenvalue weighted by atomic mass is 9.56. The van der Waals surface area contributed by atoms with E-state index in [0.717, 1.165) is 56.4 Å². The van der Waals surface area contributed by atoms with Crippen molar-refractivity contribution in [3.63, 3.8) is 0 Å². The van der Waals surface area contributed by atoms with Crippen LogP contribution in [0, 0.1) is 25.2 Å². The molecule has 5 rings (SSSR count). The number of nitrogens with zero attached hydrogens (tertiary/aromatic N) is 4. The van der Waals surface area contributed by atoms with Gasteiger partial charge in [-0.15, -0.1) is 0 Å². The Kier molecular flexibility index (Phi) is 5.34. The topological polar surface area (TPSA) is 66.3 Å². The maximum absolute atomic E-state index is 13.9. The molecule has 0 aromatic carbocycles. The number of aromatic amines is 1. The Morgan fingerprint density at radius 2 is 1.91 bits per heavy atom. The highest BCUT2D eigenvalue weighted by Gasteiger charge is 2.52. The lowest BCUT2D eigenvalue weighted by Gasteiger charge is -2.59. The van der Waals surface area contributed by atoms with Gasteiger partial charge < -0.3 is 4.90 Å². The molecule has 176 valence electrons. The van der Waals surface area contributed by atoms with Gasteiger partial charge in [-0.3, -0.25) is 9.20 Å². The van der Waals surface area contributed by atoms with E-state index in [1.807, 2.05) is 6.92 Å². The highest BCUT2D eigenvalue weighted by atomic mass is 19.4. The third-order valence-corrected chi connectivity index (χ3v) is 7.42. The number of likely N-dealkylation sites (tertiary alicyclic amines) is 1. The molecule has 3 aromatic heterocycles. The molecule has 1 N–H and O–H groups in total. The predicted octanol–water partition coefficient (Wildman–Crippen LogP) is 3.94. The normalized spacial score (nSPS) is 18.6. The molecule has 9 heteroatoms. The summed E-state index contributed by atoms with van der Waals surface area (Å²) in [5, 5.41) is 6.33. The van der Waals surface area contributed by atoms with E-state index in [9.17, 15) is 18.0 Å². The molecule has 0 unspecified atom stereocenters. The number of alkyl halides is 3. The van der Waals surface area contributed by atoms with Gasteiger partial charge in [-0.2, -0.15) is 18.3 Å². The van der Waals surface area contributed by atoms with E-state index in [4.69, 9.17) is 0 Å². The highest BCUT2D eigenvalue weighted by Crippen LogP contribution is 2.53. The quantitative estimate of drug-likeness (QED) is 0.607. The van der Waals surface area contributed by atoms with E-state index in [2.05, 4.69) is 20.1 Å². The standard InChI is InChI=1S/C24H28F3N5O/c1-15-19(11-29-30-22(15)33)4-3-7-31-13-23(14-31)9-17(10-23)8-18-5-6-20-12-28-16(2)32(20)21(18)24(25,26)27/h5-6,11-12,17H,3-4,7-10,13-14H2,1-2H3,(H,30,33). The third-order valence-electron chi connectivity index (χ3n) is 7.42. The number of aromatic nitrogens is 4. The summed E-state index contributed by atoms with van der Waals surface area (Å²) in [6.45, 7) is 6.43. The Morgan fingerprint density at radius 3 is 2.64 bits per heavy atom. The molecule has 33 heavy (non-hydrogen) atoms. The first kappa shape index (κ1) is 22.1. The Balaban J connectivity index is 1.15. The van der Waals surface area contributed by atoms with E-state index in [1.54, 1.807) is 25.3 Å². The molecule has 3 aromatic rings. The Morgan fingerprint density at radius 1 is 1.15 bits per heavy atom. The fourth-order valence-corrected chi connectivity index (χ4v) is 5.93. The number of imidazole rings is 1. The molecular weight excluding hydrogens is 431 g/mol.